The Morgan fingerprint density at radius 3 is 2.85 bits per heavy atom. The minimum atomic E-state index is 0.0747. The van der Waals surface area contributed by atoms with Crippen LogP contribution in [0.15, 0.2) is 48.8 Å². The lowest BCUT2D eigenvalue weighted by Gasteiger charge is -2.32. The van der Waals surface area contributed by atoms with Crippen molar-refractivity contribution in [3.05, 3.63) is 65.6 Å². The topological polar surface area (TPSA) is 58.9 Å². The Kier molecular flexibility index (Phi) is 4.81. The van der Waals surface area contributed by atoms with Gasteiger partial charge >= 0.3 is 0 Å². The first-order valence-electron chi connectivity index (χ1n) is 9.29. The van der Waals surface area contributed by atoms with Crippen LogP contribution in [-0.2, 0) is 6.61 Å². The number of benzene rings is 1. The molecule has 1 atom stereocenters. The van der Waals surface area contributed by atoms with E-state index in [1.807, 2.05) is 65.0 Å². The Hall–Kier alpha value is -2.86. The lowest BCUT2D eigenvalue weighted by atomic mass is 10.1. The van der Waals surface area contributed by atoms with E-state index in [9.17, 15) is 4.79 Å². The highest BCUT2D eigenvalue weighted by molar-refractivity contribution is 5.94. The van der Waals surface area contributed by atoms with Crippen molar-refractivity contribution in [1.29, 1.82) is 0 Å². The van der Waals surface area contributed by atoms with Crippen molar-refractivity contribution in [2.24, 2.45) is 0 Å². The van der Waals surface area contributed by atoms with Gasteiger partial charge in [0.05, 0.1) is 5.69 Å². The summed E-state index contributed by atoms with van der Waals surface area (Å²) in [6.45, 7) is 6.86. The number of ether oxygens (including phenoxy) is 1. The Bertz CT molecular complexity index is 948. The van der Waals surface area contributed by atoms with Crippen LogP contribution < -0.4 is 10.1 Å². The van der Waals surface area contributed by atoms with Gasteiger partial charge < -0.3 is 19.4 Å². The molecule has 6 nitrogen and oxygen atoms in total. The van der Waals surface area contributed by atoms with Gasteiger partial charge in [-0.15, -0.1) is 0 Å². The molecule has 2 aromatic heterocycles. The zero-order valence-electron chi connectivity index (χ0n) is 15.7. The molecule has 0 spiro atoms. The summed E-state index contributed by atoms with van der Waals surface area (Å²) in [5, 5.41) is 3.35. The Balaban J connectivity index is 1.40. The molecule has 1 N–H and O–H groups in total. The number of aryl methyl sites for hydroxylation is 1. The molecule has 1 saturated heterocycles. The summed E-state index contributed by atoms with van der Waals surface area (Å²) < 4.78 is 7.85. The fraction of sp³-hybridized carbons (Fsp3) is 0.333. The number of hydrogen-bond acceptors (Lipinski definition) is 4. The number of amides is 1. The number of aromatic nitrogens is 2. The van der Waals surface area contributed by atoms with Crippen LogP contribution in [0.3, 0.4) is 0 Å². The summed E-state index contributed by atoms with van der Waals surface area (Å²) in [6.07, 6.45) is 3.96. The van der Waals surface area contributed by atoms with Crippen molar-refractivity contribution in [1.82, 2.24) is 19.6 Å². The molecule has 0 unspecified atom stereocenters. The average molecular weight is 364 g/mol. The van der Waals surface area contributed by atoms with E-state index in [-0.39, 0.29) is 5.91 Å². The highest BCUT2D eigenvalue weighted by atomic mass is 16.5. The molecule has 4 rings (SSSR count). The van der Waals surface area contributed by atoms with E-state index >= 15 is 0 Å². The van der Waals surface area contributed by atoms with Crippen LogP contribution in [0.1, 0.15) is 28.5 Å². The maximum absolute atomic E-state index is 12.6. The molecular formula is C21H24N4O2. The van der Waals surface area contributed by atoms with Gasteiger partial charge in [-0.3, -0.25) is 4.79 Å². The third kappa shape index (κ3) is 3.80. The average Bonchev–Trinajstić information content (AvgIpc) is 3.11. The first-order valence-corrected chi connectivity index (χ1v) is 9.29. The van der Waals surface area contributed by atoms with Gasteiger partial charge in [0.2, 0.25) is 0 Å². The number of nitrogens with one attached hydrogen (secondary N) is 1. The fourth-order valence-electron chi connectivity index (χ4n) is 3.42. The lowest BCUT2D eigenvalue weighted by molar-refractivity contribution is 0.0709. The number of pyridine rings is 1. The minimum absolute atomic E-state index is 0.0747. The van der Waals surface area contributed by atoms with Crippen molar-refractivity contribution in [3.63, 3.8) is 0 Å². The molecule has 1 aliphatic rings. The van der Waals surface area contributed by atoms with Gasteiger partial charge in [0.1, 0.15) is 18.0 Å². The van der Waals surface area contributed by atoms with E-state index in [0.717, 1.165) is 42.3 Å². The largest absolute Gasteiger partial charge is 0.487 e. The number of carbonyl (C=O) groups excluding carboxylic acids is 1. The number of piperazine rings is 1. The molecule has 3 aromatic rings. The van der Waals surface area contributed by atoms with Gasteiger partial charge in [-0.25, -0.2) is 4.98 Å². The molecule has 0 saturated carbocycles. The van der Waals surface area contributed by atoms with Crippen LogP contribution in [-0.4, -0.2) is 45.9 Å². The monoisotopic (exact) mass is 364 g/mol. The number of nitrogens with zero attached hydrogens (tertiary/aromatic N) is 3. The van der Waals surface area contributed by atoms with Gasteiger partial charge in [-0.05, 0) is 49.7 Å². The van der Waals surface area contributed by atoms with Crippen LogP contribution in [0.4, 0.5) is 0 Å². The molecule has 0 aliphatic carbocycles. The number of hydrogen-bond donors (Lipinski definition) is 1. The van der Waals surface area contributed by atoms with E-state index in [1.165, 1.54) is 0 Å². The first-order chi connectivity index (χ1) is 13.1. The zero-order chi connectivity index (χ0) is 18.8. The summed E-state index contributed by atoms with van der Waals surface area (Å²) in [5.41, 5.74) is 3.65. The SMILES string of the molecule is Cc1cccn2cc(COc3ccc(C(=O)N4CCN[C@H](C)C4)cc3)nc12. The maximum atomic E-state index is 12.6. The normalized spacial score (nSPS) is 17.3. The maximum Gasteiger partial charge on any atom is 0.253 e. The summed E-state index contributed by atoms with van der Waals surface area (Å²) in [4.78, 5) is 19.1. The molecule has 6 heteroatoms. The van der Waals surface area contributed by atoms with Crippen molar-refractivity contribution in [2.45, 2.75) is 26.5 Å². The second kappa shape index (κ2) is 7.40. The van der Waals surface area contributed by atoms with Crippen molar-refractivity contribution >= 4 is 11.6 Å². The predicted molar refractivity (Wildman–Crippen MR) is 104 cm³/mol. The van der Waals surface area contributed by atoms with Crippen LogP contribution in [0.2, 0.25) is 0 Å². The predicted octanol–water partition coefficient (Wildman–Crippen LogP) is 2.66. The van der Waals surface area contributed by atoms with Crippen molar-refractivity contribution in [2.75, 3.05) is 19.6 Å². The van der Waals surface area contributed by atoms with Crippen LogP contribution in [0.25, 0.3) is 5.65 Å². The molecule has 1 aliphatic heterocycles. The van der Waals surface area contributed by atoms with Gasteiger partial charge in [0.25, 0.3) is 5.91 Å². The molecule has 0 bridgehead atoms. The van der Waals surface area contributed by atoms with E-state index < -0.39 is 0 Å². The van der Waals surface area contributed by atoms with Crippen LogP contribution in [0.5, 0.6) is 5.75 Å². The Morgan fingerprint density at radius 1 is 1.30 bits per heavy atom. The van der Waals surface area contributed by atoms with Crippen molar-refractivity contribution < 1.29 is 9.53 Å². The second-order valence-corrected chi connectivity index (χ2v) is 7.07. The van der Waals surface area contributed by atoms with Gasteiger partial charge in [-0.1, -0.05) is 6.07 Å². The highest BCUT2D eigenvalue weighted by Gasteiger charge is 2.21. The Labute approximate surface area is 158 Å². The summed E-state index contributed by atoms with van der Waals surface area (Å²) in [6, 6.07) is 11.7. The van der Waals surface area contributed by atoms with E-state index in [4.69, 9.17) is 4.74 Å². The van der Waals surface area contributed by atoms with E-state index in [0.29, 0.717) is 18.2 Å². The summed E-state index contributed by atoms with van der Waals surface area (Å²) in [5.74, 6) is 0.805. The number of carbonyl (C=O) groups is 1. The number of imidazole rings is 1. The standard InChI is InChI=1S/C21H24N4O2/c1-15-4-3-10-24-13-18(23-20(15)24)14-27-19-7-5-17(6-8-19)21(26)25-11-9-22-16(2)12-25/h3-8,10,13,16,22H,9,11-12,14H2,1-2H3/t16-/m1/s1. The second-order valence-electron chi connectivity index (χ2n) is 7.07. The van der Waals surface area contributed by atoms with Gasteiger partial charge in [0, 0.05) is 43.6 Å². The molecule has 27 heavy (non-hydrogen) atoms. The van der Waals surface area contributed by atoms with Crippen molar-refractivity contribution in [3.8, 4) is 5.75 Å². The van der Waals surface area contributed by atoms with Gasteiger partial charge in [0.15, 0.2) is 0 Å². The zero-order valence-corrected chi connectivity index (χ0v) is 15.7. The molecular weight excluding hydrogens is 340 g/mol. The first kappa shape index (κ1) is 17.5. The minimum Gasteiger partial charge on any atom is -0.487 e. The number of fused-ring (bicyclic) bond motifs is 1. The summed E-state index contributed by atoms with van der Waals surface area (Å²) >= 11 is 0. The molecule has 0 radical (unpaired) electrons. The molecule has 3 heterocycles. The Morgan fingerprint density at radius 2 is 2.11 bits per heavy atom. The van der Waals surface area contributed by atoms with E-state index in [1.54, 1.807) is 0 Å². The molecule has 1 amide bonds. The van der Waals surface area contributed by atoms with E-state index in [2.05, 4.69) is 17.2 Å². The summed E-state index contributed by atoms with van der Waals surface area (Å²) in [7, 11) is 0. The molecule has 1 fully saturated rings. The fourth-order valence-corrected chi connectivity index (χ4v) is 3.42. The van der Waals surface area contributed by atoms with Crippen LogP contribution in [0, 0.1) is 6.92 Å². The smallest absolute Gasteiger partial charge is 0.253 e. The third-order valence-corrected chi connectivity index (χ3v) is 4.87. The quantitative estimate of drug-likeness (QED) is 0.773. The molecule has 140 valence electrons. The van der Waals surface area contributed by atoms with Crippen LogP contribution >= 0.6 is 0 Å². The highest BCUT2D eigenvalue weighted by Crippen LogP contribution is 2.17. The molecule has 1 aromatic carbocycles. The lowest BCUT2D eigenvalue weighted by Crippen LogP contribution is -2.51. The number of rotatable bonds is 4. The third-order valence-electron chi connectivity index (χ3n) is 4.87. The van der Waals surface area contributed by atoms with Gasteiger partial charge in [-0.2, -0.15) is 0 Å².